The Bertz CT molecular complexity index is 3260. The van der Waals surface area contributed by atoms with Gasteiger partial charge in [0.05, 0.1) is 26.5 Å². The van der Waals surface area contributed by atoms with E-state index in [4.69, 9.17) is 0 Å². The summed E-state index contributed by atoms with van der Waals surface area (Å²) in [4.78, 5) is 3.26. The lowest BCUT2D eigenvalue weighted by atomic mass is 9.42. The van der Waals surface area contributed by atoms with Crippen LogP contribution in [0, 0.1) is 23.7 Å². The van der Waals surface area contributed by atoms with E-state index in [-0.39, 0.29) is 5.41 Å². The average Bonchev–Trinajstić information content (AvgIpc) is 3.64. The van der Waals surface area contributed by atoms with E-state index in [9.17, 15) is 8.42 Å². The maximum Gasteiger partial charge on any atom is 0.207 e. The molecule has 0 atom stereocenters. The van der Waals surface area contributed by atoms with Crippen LogP contribution in [0.2, 0.25) is 0 Å². The van der Waals surface area contributed by atoms with Crippen LogP contribution in [0.25, 0.3) is 49.4 Å². The van der Waals surface area contributed by atoms with E-state index in [0.717, 1.165) is 67.6 Å². The molecule has 0 amide bonds. The molecule has 296 valence electrons. The monoisotopic (exact) mass is 808 g/mol. The lowest BCUT2D eigenvalue weighted by Crippen LogP contribution is -2.57. The summed E-state index contributed by atoms with van der Waals surface area (Å²) < 4.78 is 32.3. The Morgan fingerprint density at radius 2 is 1.02 bits per heavy atom. The summed E-state index contributed by atoms with van der Waals surface area (Å²) in [6.45, 7) is 0. The number of fused-ring (bicyclic) bond motifs is 6. The van der Waals surface area contributed by atoms with Crippen molar-refractivity contribution in [2.45, 2.75) is 47.3 Å². The van der Waals surface area contributed by atoms with Crippen LogP contribution in [0.15, 0.2) is 192 Å². The van der Waals surface area contributed by atoms with Gasteiger partial charge in [0.2, 0.25) is 9.84 Å². The highest BCUT2D eigenvalue weighted by Crippen LogP contribution is 2.68. The minimum Gasteiger partial charge on any atom is -0.310 e. The third-order valence-electron chi connectivity index (χ3n) is 15.2. The zero-order valence-electron chi connectivity index (χ0n) is 33.8. The first-order valence-electron chi connectivity index (χ1n) is 21.9. The van der Waals surface area contributed by atoms with Gasteiger partial charge < -0.3 is 9.47 Å². The second-order valence-corrected chi connectivity index (χ2v) is 20.0. The van der Waals surface area contributed by atoms with Crippen molar-refractivity contribution in [2.24, 2.45) is 23.7 Å². The SMILES string of the molecule is O=S1(=O)c2ccccc2C2(c3ccc(N(c4ccc(-c5ccc(-n6c7ccccc7c7ccccc76)cc5)cc4)c4cccc5ccccc45)cc31)C1CC3CC(C1)CC2C3. The molecule has 1 aliphatic heterocycles. The van der Waals surface area contributed by atoms with E-state index in [2.05, 4.69) is 173 Å². The van der Waals surface area contributed by atoms with Crippen LogP contribution in [0.1, 0.15) is 43.2 Å². The molecule has 1 aromatic heterocycles. The van der Waals surface area contributed by atoms with Gasteiger partial charge in [-0.3, -0.25) is 0 Å². The maximum atomic E-state index is 15.0. The van der Waals surface area contributed by atoms with Crippen LogP contribution >= 0.6 is 0 Å². The van der Waals surface area contributed by atoms with E-state index >= 15 is 0 Å². The summed E-state index contributed by atoms with van der Waals surface area (Å²) in [7, 11) is -3.79. The summed E-state index contributed by atoms with van der Waals surface area (Å²) in [5.74, 6) is 2.46. The molecule has 4 saturated carbocycles. The summed E-state index contributed by atoms with van der Waals surface area (Å²) in [6, 6.07) is 64.1. The van der Waals surface area contributed by atoms with Gasteiger partial charge in [-0.15, -0.1) is 0 Å². The fourth-order valence-electron chi connectivity index (χ4n) is 13.0. The van der Waals surface area contributed by atoms with Crippen molar-refractivity contribution in [3.8, 4) is 16.8 Å². The van der Waals surface area contributed by atoms with E-state index in [0.29, 0.717) is 21.6 Å². The molecule has 5 aliphatic rings. The van der Waals surface area contributed by atoms with Gasteiger partial charge in [-0.2, -0.15) is 0 Å². The summed E-state index contributed by atoms with van der Waals surface area (Å²) in [6.07, 6.45) is 6.13. The quantitative estimate of drug-likeness (QED) is 0.174. The minimum absolute atomic E-state index is 0.272. The summed E-state index contributed by atoms with van der Waals surface area (Å²) in [5, 5.41) is 4.75. The van der Waals surface area contributed by atoms with Gasteiger partial charge in [0, 0.05) is 38.6 Å². The largest absolute Gasteiger partial charge is 0.310 e. The Labute approximate surface area is 356 Å². The van der Waals surface area contributed by atoms with Crippen molar-refractivity contribution in [3.05, 3.63) is 193 Å². The number of benzene rings is 8. The maximum absolute atomic E-state index is 15.0. The van der Waals surface area contributed by atoms with E-state index < -0.39 is 9.84 Å². The topological polar surface area (TPSA) is 42.3 Å². The predicted octanol–water partition coefficient (Wildman–Crippen LogP) is 14.0. The molecule has 5 heteroatoms. The Morgan fingerprint density at radius 3 is 1.70 bits per heavy atom. The number of sulfone groups is 1. The standard InChI is InChI=1S/C56H44N2O2S/c59-61(60)54-19-8-5-15-49(54)56(41-31-36-30-37(33-41)34-42(56)32-36)50-29-28-45(35-55(50)61)57(51-18-9-11-40-10-1-2-12-46(40)51)43-24-20-38(21-25-43)39-22-26-44(27-23-39)58-52-16-6-3-13-47(52)48-14-4-7-17-53(48)58/h1-29,35-37,41-42H,30-34H2. The molecule has 14 rings (SSSR count). The molecule has 61 heavy (non-hydrogen) atoms. The molecular formula is C56H44N2O2S. The first kappa shape index (κ1) is 35.3. The molecule has 9 aromatic rings. The van der Waals surface area contributed by atoms with Crippen LogP contribution in [0.4, 0.5) is 17.1 Å². The Morgan fingerprint density at radius 1 is 0.475 bits per heavy atom. The van der Waals surface area contributed by atoms with Gasteiger partial charge in [-0.1, -0.05) is 121 Å². The van der Waals surface area contributed by atoms with Crippen molar-refractivity contribution < 1.29 is 8.42 Å². The highest BCUT2D eigenvalue weighted by atomic mass is 32.2. The minimum atomic E-state index is -3.79. The van der Waals surface area contributed by atoms with E-state index in [1.165, 1.54) is 53.9 Å². The Kier molecular flexibility index (Phi) is 7.55. The Hall–Kier alpha value is -6.43. The van der Waals surface area contributed by atoms with Gasteiger partial charge in [-0.05, 0) is 144 Å². The summed E-state index contributed by atoms with van der Waals surface area (Å²) >= 11 is 0. The van der Waals surface area contributed by atoms with Gasteiger partial charge in [0.1, 0.15) is 0 Å². The fraction of sp³-hybridized carbons (Fsp3) is 0.179. The first-order chi connectivity index (χ1) is 30.0. The van der Waals surface area contributed by atoms with Crippen molar-refractivity contribution >= 4 is 59.5 Å². The second kappa shape index (κ2) is 13.0. The molecule has 0 radical (unpaired) electrons. The molecular weight excluding hydrogens is 765 g/mol. The molecule has 0 unspecified atom stereocenters. The Balaban J connectivity index is 0.935. The van der Waals surface area contributed by atoms with Crippen molar-refractivity contribution in [1.29, 1.82) is 0 Å². The highest BCUT2D eigenvalue weighted by molar-refractivity contribution is 7.91. The fourth-order valence-corrected chi connectivity index (χ4v) is 14.8. The van der Waals surface area contributed by atoms with E-state index in [1.807, 2.05) is 18.2 Å². The van der Waals surface area contributed by atoms with Gasteiger partial charge in [0.15, 0.2) is 0 Å². The normalized spacial score (nSPS) is 23.1. The third kappa shape index (κ3) is 5.01. The molecule has 4 fully saturated rings. The smallest absolute Gasteiger partial charge is 0.207 e. The second-order valence-electron chi connectivity index (χ2n) is 18.2. The van der Waals surface area contributed by atoms with E-state index in [1.54, 1.807) is 0 Å². The molecule has 4 nitrogen and oxygen atoms in total. The lowest BCUT2D eigenvalue weighted by molar-refractivity contribution is -0.0446. The average molecular weight is 809 g/mol. The lowest BCUT2D eigenvalue weighted by Gasteiger charge is -2.63. The molecule has 1 spiro atoms. The number of hydrogen-bond donors (Lipinski definition) is 0. The molecule has 0 N–H and O–H groups in total. The zero-order chi connectivity index (χ0) is 40.5. The van der Waals surface area contributed by atoms with Crippen molar-refractivity contribution in [2.75, 3.05) is 4.90 Å². The van der Waals surface area contributed by atoms with Gasteiger partial charge in [0.25, 0.3) is 0 Å². The highest BCUT2D eigenvalue weighted by Gasteiger charge is 2.62. The van der Waals surface area contributed by atoms with Gasteiger partial charge >= 0.3 is 0 Å². The van der Waals surface area contributed by atoms with Crippen LogP contribution in [-0.4, -0.2) is 13.0 Å². The van der Waals surface area contributed by atoms with Crippen molar-refractivity contribution in [1.82, 2.24) is 4.57 Å². The number of nitrogens with zero attached hydrogens (tertiary/aromatic N) is 2. The number of para-hydroxylation sites is 2. The van der Waals surface area contributed by atoms with Crippen LogP contribution in [0.3, 0.4) is 0 Å². The van der Waals surface area contributed by atoms with Crippen molar-refractivity contribution in [3.63, 3.8) is 0 Å². The molecule has 8 aromatic carbocycles. The van der Waals surface area contributed by atoms with Gasteiger partial charge in [-0.25, -0.2) is 8.42 Å². The predicted molar refractivity (Wildman–Crippen MR) is 248 cm³/mol. The molecule has 2 heterocycles. The van der Waals surface area contributed by atoms with Crippen LogP contribution in [-0.2, 0) is 15.3 Å². The number of rotatable bonds is 5. The first-order valence-corrected chi connectivity index (χ1v) is 23.4. The van der Waals surface area contributed by atoms with Crippen LogP contribution in [0.5, 0.6) is 0 Å². The number of aromatic nitrogens is 1. The van der Waals surface area contributed by atoms with Crippen LogP contribution < -0.4 is 4.90 Å². The zero-order valence-corrected chi connectivity index (χ0v) is 34.6. The summed E-state index contributed by atoms with van der Waals surface area (Å²) in [5.41, 5.74) is 10.4. The number of anilines is 3. The molecule has 4 aliphatic carbocycles. The molecule has 0 saturated heterocycles. The molecule has 4 bridgehead atoms. The third-order valence-corrected chi connectivity index (χ3v) is 17.0. The number of hydrogen-bond acceptors (Lipinski definition) is 3.